The van der Waals surface area contributed by atoms with Crippen LogP contribution in [0.15, 0.2) is 52.0 Å². The molecule has 1 aliphatic rings. The van der Waals surface area contributed by atoms with E-state index in [-0.39, 0.29) is 18.4 Å². The van der Waals surface area contributed by atoms with Crippen molar-refractivity contribution in [3.63, 3.8) is 0 Å². The van der Waals surface area contributed by atoms with Gasteiger partial charge in [0.25, 0.3) is 0 Å². The van der Waals surface area contributed by atoms with Crippen LogP contribution < -0.4 is 4.90 Å². The maximum atomic E-state index is 12.6. The van der Waals surface area contributed by atoms with Crippen molar-refractivity contribution < 1.29 is 14.0 Å². The molecule has 0 saturated heterocycles. The van der Waals surface area contributed by atoms with E-state index in [1.165, 1.54) is 11.8 Å². The van der Waals surface area contributed by atoms with E-state index in [0.717, 1.165) is 16.3 Å². The second-order valence-electron chi connectivity index (χ2n) is 5.22. The van der Waals surface area contributed by atoms with Crippen LogP contribution >= 0.6 is 11.8 Å². The van der Waals surface area contributed by atoms with E-state index < -0.39 is 0 Å². The van der Waals surface area contributed by atoms with E-state index in [1.807, 2.05) is 37.3 Å². The number of amides is 2. The highest BCUT2D eigenvalue weighted by atomic mass is 32.2. The third kappa shape index (κ3) is 3.42. The van der Waals surface area contributed by atoms with Gasteiger partial charge >= 0.3 is 0 Å². The summed E-state index contributed by atoms with van der Waals surface area (Å²) in [5.74, 6) is 0.991. The number of likely N-dealkylation sites (N-methyl/N-ethyl adjacent to an activating group) is 1. The molecular formula is C17H18N2O3S. The van der Waals surface area contributed by atoms with Crippen LogP contribution in [0.2, 0.25) is 0 Å². The maximum Gasteiger partial charge on any atom is 0.243 e. The van der Waals surface area contributed by atoms with Crippen LogP contribution in [0.25, 0.3) is 0 Å². The van der Waals surface area contributed by atoms with Gasteiger partial charge in [0.05, 0.1) is 24.2 Å². The summed E-state index contributed by atoms with van der Waals surface area (Å²) in [6, 6.07) is 11.3. The smallest absolute Gasteiger partial charge is 0.243 e. The average Bonchev–Trinajstić information content (AvgIpc) is 3.08. The summed E-state index contributed by atoms with van der Waals surface area (Å²) in [6.07, 6.45) is 1.59. The summed E-state index contributed by atoms with van der Waals surface area (Å²) in [6.45, 7) is 2.96. The molecule has 2 amide bonds. The highest BCUT2D eigenvalue weighted by Gasteiger charge is 2.27. The zero-order valence-corrected chi connectivity index (χ0v) is 13.7. The SMILES string of the molecule is CCN(Cc1ccco1)C(=O)CN1C(=O)CSc2ccccc21. The molecule has 0 aliphatic carbocycles. The molecule has 1 aromatic carbocycles. The van der Waals surface area contributed by atoms with Gasteiger partial charge in [-0.2, -0.15) is 0 Å². The molecule has 0 unspecified atom stereocenters. The van der Waals surface area contributed by atoms with E-state index in [4.69, 9.17) is 4.42 Å². The van der Waals surface area contributed by atoms with Crippen molar-refractivity contribution in [2.45, 2.75) is 18.4 Å². The van der Waals surface area contributed by atoms with Gasteiger partial charge in [0.1, 0.15) is 12.3 Å². The Labute approximate surface area is 139 Å². The molecule has 0 spiro atoms. The van der Waals surface area contributed by atoms with E-state index in [0.29, 0.717) is 18.8 Å². The molecule has 0 saturated carbocycles. The van der Waals surface area contributed by atoms with Gasteiger partial charge in [-0.25, -0.2) is 0 Å². The van der Waals surface area contributed by atoms with E-state index in [2.05, 4.69) is 0 Å². The Bertz CT molecular complexity index is 700. The van der Waals surface area contributed by atoms with E-state index in [9.17, 15) is 9.59 Å². The van der Waals surface area contributed by atoms with Crippen molar-refractivity contribution in [1.82, 2.24) is 4.90 Å². The van der Waals surface area contributed by atoms with Gasteiger partial charge < -0.3 is 14.2 Å². The predicted molar refractivity (Wildman–Crippen MR) is 89.3 cm³/mol. The molecule has 0 radical (unpaired) electrons. The first-order valence-corrected chi connectivity index (χ1v) is 8.50. The van der Waals surface area contributed by atoms with Crippen molar-refractivity contribution in [3.05, 3.63) is 48.4 Å². The summed E-state index contributed by atoms with van der Waals surface area (Å²) in [7, 11) is 0. The van der Waals surface area contributed by atoms with E-state index >= 15 is 0 Å². The fourth-order valence-electron chi connectivity index (χ4n) is 2.53. The first-order chi connectivity index (χ1) is 11.2. The number of fused-ring (bicyclic) bond motifs is 1. The van der Waals surface area contributed by atoms with Gasteiger partial charge in [-0.05, 0) is 31.2 Å². The first kappa shape index (κ1) is 15.7. The fraction of sp³-hybridized carbons (Fsp3) is 0.294. The van der Waals surface area contributed by atoms with Crippen molar-refractivity contribution in [2.75, 3.05) is 23.7 Å². The Hall–Kier alpha value is -2.21. The van der Waals surface area contributed by atoms with Gasteiger partial charge in [-0.15, -0.1) is 11.8 Å². The number of nitrogens with zero attached hydrogens (tertiary/aromatic N) is 2. The number of para-hydroxylation sites is 1. The first-order valence-electron chi connectivity index (χ1n) is 7.51. The van der Waals surface area contributed by atoms with Gasteiger partial charge in [0.15, 0.2) is 0 Å². The quantitative estimate of drug-likeness (QED) is 0.846. The summed E-state index contributed by atoms with van der Waals surface area (Å²) in [5, 5.41) is 0. The molecular weight excluding hydrogens is 312 g/mol. The molecule has 0 fully saturated rings. The molecule has 2 aromatic rings. The number of furan rings is 1. The number of rotatable bonds is 5. The standard InChI is InChI=1S/C17H18N2O3S/c1-2-18(10-13-6-5-9-22-13)16(20)11-19-14-7-3-4-8-15(14)23-12-17(19)21/h3-9H,2,10-12H2,1H3. The number of carbonyl (C=O) groups excluding carboxylic acids is 2. The largest absolute Gasteiger partial charge is 0.467 e. The van der Waals surface area contributed by atoms with Crippen LogP contribution in [0.4, 0.5) is 5.69 Å². The summed E-state index contributed by atoms with van der Waals surface area (Å²) >= 11 is 1.51. The molecule has 23 heavy (non-hydrogen) atoms. The van der Waals surface area contributed by atoms with Gasteiger partial charge in [0, 0.05) is 11.4 Å². The Morgan fingerprint density at radius 2 is 2.13 bits per heavy atom. The Balaban J connectivity index is 1.75. The number of thioether (sulfide) groups is 1. The third-order valence-electron chi connectivity index (χ3n) is 3.76. The normalized spacial score (nSPS) is 13.8. The lowest BCUT2D eigenvalue weighted by Gasteiger charge is -2.30. The molecule has 1 aliphatic heterocycles. The van der Waals surface area contributed by atoms with Gasteiger partial charge in [-0.3, -0.25) is 9.59 Å². The highest BCUT2D eigenvalue weighted by molar-refractivity contribution is 8.00. The molecule has 0 N–H and O–H groups in total. The van der Waals surface area contributed by atoms with Crippen LogP contribution in [-0.2, 0) is 16.1 Å². The number of carbonyl (C=O) groups is 2. The number of benzene rings is 1. The molecule has 0 atom stereocenters. The predicted octanol–water partition coefficient (Wildman–Crippen LogP) is 2.77. The van der Waals surface area contributed by atoms with Gasteiger partial charge in [-0.1, -0.05) is 12.1 Å². The van der Waals surface area contributed by atoms with Crippen LogP contribution in [-0.4, -0.2) is 35.6 Å². The zero-order valence-electron chi connectivity index (χ0n) is 12.9. The minimum absolute atomic E-state index is 0.0314. The van der Waals surface area contributed by atoms with Crippen LogP contribution in [0, 0.1) is 0 Å². The van der Waals surface area contributed by atoms with Crippen molar-refractivity contribution in [2.24, 2.45) is 0 Å². The summed E-state index contributed by atoms with van der Waals surface area (Å²) in [5.41, 5.74) is 0.816. The monoisotopic (exact) mass is 330 g/mol. The highest BCUT2D eigenvalue weighted by Crippen LogP contribution is 2.34. The van der Waals surface area contributed by atoms with Crippen LogP contribution in [0.5, 0.6) is 0 Å². The third-order valence-corrected chi connectivity index (χ3v) is 4.81. The van der Waals surface area contributed by atoms with Crippen LogP contribution in [0.1, 0.15) is 12.7 Å². The summed E-state index contributed by atoms with van der Waals surface area (Å²) < 4.78 is 5.31. The molecule has 3 rings (SSSR count). The lowest BCUT2D eigenvalue weighted by molar-refractivity contribution is -0.131. The molecule has 120 valence electrons. The minimum atomic E-state index is -0.0843. The molecule has 1 aromatic heterocycles. The molecule has 2 heterocycles. The minimum Gasteiger partial charge on any atom is -0.467 e. The maximum absolute atomic E-state index is 12.6. The Morgan fingerprint density at radius 1 is 1.30 bits per heavy atom. The van der Waals surface area contributed by atoms with E-state index in [1.54, 1.807) is 22.1 Å². The Morgan fingerprint density at radius 3 is 2.87 bits per heavy atom. The number of hydrogen-bond acceptors (Lipinski definition) is 4. The summed E-state index contributed by atoms with van der Waals surface area (Å²) in [4.78, 5) is 29.2. The van der Waals surface area contributed by atoms with Crippen molar-refractivity contribution in [3.8, 4) is 0 Å². The second kappa shape index (κ2) is 6.91. The van der Waals surface area contributed by atoms with Gasteiger partial charge in [0.2, 0.25) is 11.8 Å². The van der Waals surface area contributed by atoms with Crippen molar-refractivity contribution in [1.29, 1.82) is 0 Å². The lowest BCUT2D eigenvalue weighted by Crippen LogP contribution is -2.44. The van der Waals surface area contributed by atoms with Crippen molar-refractivity contribution >= 4 is 29.3 Å². The topological polar surface area (TPSA) is 53.8 Å². The fourth-order valence-corrected chi connectivity index (χ4v) is 3.47. The molecule has 6 heteroatoms. The second-order valence-corrected chi connectivity index (χ2v) is 6.24. The van der Waals surface area contributed by atoms with Crippen LogP contribution in [0.3, 0.4) is 0 Å². The molecule has 5 nitrogen and oxygen atoms in total. The lowest BCUT2D eigenvalue weighted by atomic mass is 10.2. The molecule has 0 bridgehead atoms. The Kier molecular flexibility index (Phi) is 4.71. The average molecular weight is 330 g/mol. The number of hydrogen-bond donors (Lipinski definition) is 0. The number of anilines is 1. The zero-order chi connectivity index (χ0) is 16.2.